The molecule has 86 valence electrons. The summed E-state index contributed by atoms with van der Waals surface area (Å²) in [5.74, 6) is -0.725. The lowest BCUT2D eigenvalue weighted by molar-refractivity contribution is -0.116. The number of carbonyl (C=O) groups excluding carboxylic acids is 1. The van der Waals surface area contributed by atoms with Crippen molar-refractivity contribution in [2.75, 3.05) is 6.54 Å². The molecule has 0 fully saturated rings. The number of sulfonamides is 1. The third kappa shape index (κ3) is 4.72. The highest BCUT2D eigenvalue weighted by Crippen LogP contribution is 2.02. The van der Waals surface area contributed by atoms with Gasteiger partial charge in [-0.3, -0.25) is 4.79 Å². The highest BCUT2D eigenvalue weighted by Gasteiger charge is 2.05. The highest BCUT2D eigenvalue weighted by atomic mass is 32.2. The van der Waals surface area contributed by atoms with E-state index in [4.69, 9.17) is 5.73 Å². The molecule has 0 aliphatic carbocycles. The first-order valence-electron chi connectivity index (χ1n) is 4.51. The number of amides is 1. The van der Waals surface area contributed by atoms with Gasteiger partial charge in [-0.15, -0.1) is 0 Å². The monoisotopic (exact) mass is 240 g/mol. The van der Waals surface area contributed by atoms with E-state index >= 15 is 0 Å². The third-order valence-corrected chi connectivity index (χ3v) is 2.73. The van der Waals surface area contributed by atoms with Gasteiger partial charge < -0.3 is 5.73 Å². The Hall–Kier alpha value is -1.66. The Labute approximate surface area is 94.0 Å². The molecule has 0 saturated carbocycles. The van der Waals surface area contributed by atoms with Crippen LogP contribution >= 0.6 is 0 Å². The first-order valence-corrected chi connectivity index (χ1v) is 6.05. The van der Waals surface area contributed by atoms with E-state index in [9.17, 15) is 13.2 Å². The zero-order chi connectivity index (χ0) is 12.0. The Morgan fingerprint density at radius 1 is 1.31 bits per heavy atom. The van der Waals surface area contributed by atoms with E-state index in [0.29, 0.717) is 0 Å². The fraction of sp³-hybridized carbons (Fsp3) is 0.100. The smallest absolute Gasteiger partial charge is 0.234 e. The molecule has 0 radical (unpaired) electrons. The van der Waals surface area contributed by atoms with Crippen LogP contribution in [0.5, 0.6) is 0 Å². The maximum Gasteiger partial charge on any atom is 0.234 e. The largest absolute Gasteiger partial charge is 0.369 e. The second-order valence-corrected chi connectivity index (χ2v) is 4.70. The fourth-order valence-corrected chi connectivity index (χ4v) is 1.73. The molecule has 3 N–H and O–H groups in total. The van der Waals surface area contributed by atoms with Crippen LogP contribution in [-0.2, 0) is 14.8 Å². The first kappa shape index (κ1) is 12.4. The predicted molar refractivity (Wildman–Crippen MR) is 61.6 cm³/mol. The summed E-state index contributed by atoms with van der Waals surface area (Å²) in [5, 5.41) is 0.991. The lowest BCUT2D eigenvalue weighted by Crippen LogP contribution is -2.32. The summed E-state index contributed by atoms with van der Waals surface area (Å²) in [6.07, 6.45) is 1.43. The van der Waals surface area contributed by atoms with Gasteiger partial charge in [-0.2, -0.15) is 0 Å². The van der Waals surface area contributed by atoms with Gasteiger partial charge in [0.15, 0.2) is 0 Å². The second-order valence-electron chi connectivity index (χ2n) is 3.05. The van der Waals surface area contributed by atoms with Gasteiger partial charge in [-0.25, -0.2) is 13.1 Å². The van der Waals surface area contributed by atoms with Crippen molar-refractivity contribution in [2.24, 2.45) is 5.73 Å². The first-order chi connectivity index (χ1) is 7.49. The van der Waals surface area contributed by atoms with Crippen molar-refractivity contribution in [3.63, 3.8) is 0 Å². The fourth-order valence-electron chi connectivity index (χ4n) is 0.952. The molecule has 0 bridgehead atoms. The lowest BCUT2D eigenvalue weighted by atomic mass is 10.2. The minimum atomic E-state index is -3.61. The molecule has 6 heteroatoms. The standard InChI is InChI=1S/C10H12N2O3S/c11-10(13)8-12-16(14,15)7-6-9-4-2-1-3-5-9/h1-7,12H,8H2,(H2,11,13)/b7-6+. The van der Waals surface area contributed by atoms with Crippen molar-refractivity contribution < 1.29 is 13.2 Å². The quantitative estimate of drug-likeness (QED) is 0.762. The third-order valence-electron chi connectivity index (χ3n) is 1.69. The number of nitrogens with two attached hydrogens (primary N) is 1. The van der Waals surface area contributed by atoms with Crippen LogP contribution in [0.1, 0.15) is 5.56 Å². The summed E-state index contributed by atoms with van der Waals surface area (Å²) in [5.41, 5.74) is 5.57. The second kappa shape index (κ2) is 5.43. The van der Waals surface area contributed by atoms with Crippen LogP contribution in [0.25, 0.3) is 6.08 Å². The molecule has 16 heavy (non-hydrogen) atoms. The number of primary amides is 1. The topological polar surface area (TPSA) is 89.3 Å². The van der Waals surface area contributed by atoms with Crippen LogP contribution in [0.3, 0.4) is 0 Å². The molecule has 0 spiro atoms. The van der Waals surface area contributed by atoms with Gasteiger partial charge in [0, 0.05) is 5.41 Å². The number of carbonyl (C=O) groups is 1. The van der Waals surface area contributed by atoms with Crippen molar-refractivity contribution >= 4 is 22.0 Å². The zero-order valence-corrected chi connectivity index (χ0v) is 9.28. The number of benzene rings is 1. The summed E-state index contributed by atoms with van der Waals surface area (Å²) in [6, 6.07) is 8.95. The summed E-state index contributed by atoms with van der Waals surface area (Å²) in [4.78, 5) is 10.4. The number of hydrogen-bond acceptors (Lipinski definition) is 3. The van der Waals surface area contributed by atoms with E-state index in [1.807, 2.05) is 10.8 Å². The normalized spacial score (nSPS) is 11.8. The molecule has 0 heterocycles. The van der Waals surface area contributed by atoms with E-state index in [1.165, 1.54) is 6.08 Å². The maximum absolute atomic E-state index is 11.3. The van der Waals surface area contributed by atoms with E-state index in [-0.39, 0.29) is 0 Å². The number of rotatable bonds is 5. The molecule has 5 nitrogen and oxygen atoms in total. The minimum Gasteiger partial charge on any atom is -0.369 e. The Morgan fingerprint density at radius 2 is 1.94 bits per heavy atom. The van der Waals surface area contributed by atoms with Crippen LogP contribution in [0.4, 0.5) is 0 Å². The molecule has 0 saturated heterocycles. The van der Waals surface area contributed by atoms with Crippen molar-refractivity contribution in [3.8, 4) is 0 Å². The van der Waals surface area contributed by atoms with Crippen LogP contribution in [-0.4, -0.2) is 20.9 Å². The molecule has 1 aromatic carbocycles. The van der Waals surface area contributed by atoms with Crippen LogP contribution in [0.15, 0.2) is 35.7 Å². The minimum absolute atomic E-state index is 0.401. The average Bonchev–Trinajstić information content (AvgIpc) is 2.26. The Kier molecular flexibility index (Phi) is 4.21. The molecule has 0 unspecified atom stereocenters. The molecule has 1 amide bonds. The van der Waals surface area contributed by atoms with Crippen molar-refractivity contribution in [1.29, 1.82) is 0 Å². The Bertz CT molecular complexity index is 480. The zero-order valence-electron chi connectivity index (χ0n) is 8.46. The predicted octanol–water partition coefficient (Wildman–Crippen LogP) is 0.0620. The SMILES string of the molecule is NC(=O)CNS(=O)(=O)/C=C/c1ccccc1. The molecule has 1 aromatic rings. The van der Waals surface area contributed by atoms with Crippen molar-refractivity contribution in [3.05, 3.63) is 41.3 Å². The van der Waals surface area contributed by atoms with Gasteiger partial charge in [0.2, 0.25) is 15.9 Å². The van der Waals surface area contributed by atoms with Gasteiger partial charge in [0.05, 0.1) is 6.54 Å². The summed E-state index contributed by atoms with van der Waals surface area (Å²) in [7, 11) is -3.61. The van der Waals surface area contributed by atoms with Gasteiger partial charge >= 0.3 is 0 Å². The van der Waals surface area contributed by atoms with Gasteiger partial charge in [0.25, 0.3) is 0 Å². The Balaban J connectivity index is 2.66. The summed E-state index contributed by atoms with van der Waals surface area (Å²) >= 11 is 0. The molecular weight excluding hydrogens is 228 g/mol. The molecule has 0 aliphatic rings. The lowest BCUT2D eigenvalue weighted by Gasteiger charge is -1.98. The van der Waals surface area contributed by atoms with Gasteiger partial charge in [-0.05, 0) is 11.6 Å². The average molecular weight is 240 g/mol. The van der Waals surface area contributed by atoms with E-state index in [0.717, 1.165) is 11.0 Å². The molecule has 1 rings (SSSR count). The van der Waals surface area contributed by atoms with Crippen LogP contribution in [0.2, 0.25) is 0 Å². The van der Waals surface area contributed by atoms with Crippen LogP contribution < -0.4 is 10.5 Å². The van der Waals surface area contributed by atoms with E-state index in [2.05, 4.69) is 0 Å². The van der Waals surface area contributed by atoms with Crippen LogP contribution in [0, 0.1) is 0 Å². The summed E-state index contributed by atoms with van der Waals surface area (Å²) in [6.45, 7) is -0.401. The molecular formula is C10H12N2O3S. The summed E-state index contributed by atoms with van der Waals surface area (Å²) < 4.78 is 24.6. The number of nitrogens with one attached hydrogen (secondary N) is 1. The number of hydrogen-bond donors (Lipinski definition) is 2. The van der Waals surface area contributed by atoms with E-state index < -0.39 is 22.5 Å². The maximum atomic E-state index is 11.3. The molecule has 0 aliphatic heterocycles. The van der Waals surface area contributed by atoms with E-state index in [1.54, 1.807) is 24.3 Å². The van der Waals surface area contributed by atoms with Gasteiger partial charge in [-0.1, -0.05) is 30.3 Å². The van der Waals surface area contributed by atoms with Gasteiger partial charge in [0.1, 0.15) is 0 Å². The molecule has 0 aromatic heterocycles. The Morgan fingerprint density at radius 3 is 2.50 bits per heavy atom. The van der Waals surface area contributed by atoms with Crippen molar-refractivity contribution in [1.82, 2.24) is 4.72 Å². The highest BCUT2D eigenvalue weighted by molar-refractivity contribution is 7.92. The molecule has 0 atom stereocenters. The van der Waals surface area contributed by atoms with Crippen molar-refractivity contribution in [2.45, 2.75) is 0 Å².